The normalized spacial score (nSPS) is 23.6. The fourth-order valence-electron chi connectivity index (χ4n) is 3.46. The highest BCUT2D eigenvalue weighted by atomic mass is 35.5. The first-order valence-corrected chi connectivity index (χ1v) is 7.86. The van der Waals surface area contributed by atoms with Crippen LogP contribution in [0.2, 0.25) is 0 Å². The minimum absolute atomic E-state index is 0.105. The van der Waals surface area contributed by atoms with E-state index in [1.165, 1.54) is 6.08 Å². The van der Waals surface area contributed by atoms with Crippen molar-refractivity contribution < 1.29 is 19.7 Å². The number of hydrogen-bond donors (Lipinski definition) is 0. The molecule has 1 aliphatic rings. The lowest BCUT2D eigenvalue weighted by Gasteiger charge is -2.22. The zero-order valence-electron chi connectivity index (χ0n) is 13.2. The van der Waals surface area contributed by atoms with E-state index in [0.717, 1.165) is 18.2 Å². The van der Waals surface area contributed by atoms with Crippen LogP contribution in [0.15, 0.2) is 28.8 Å². The van der Waals surface area contributed by atoms with Crippen LogP contribution in [0.4, 0.5) is 11.4 Å². The minimum atomic E-state index is -1.43. The molecule has 134 valence electrons. The van der Waals surface area contributed by atoms with Crippen LogP contribution in [0.1, 0.15) is 19.4 Å². The van der Waals surface area contributed by atoms with Gasteiger partial charge in [-0.2, -0.15) is 0 Å². The summed E-state index contributed by atoms with van der Waals surface area (Å²) in [5, 5.41) is 33.8. The van der Waals surface area contributed by atoms with Crippen molar-refractivity contribution in [2.45, 2.75) is 20.3 Å². The molecule has 0 N–H and O–H groups in total. The first-order chi connectivity index (χ1) is 11.4. The van der Waals surface area contributed by atoms with Gasteiger partial charge in [-0.15, -0.1) is 0 Å². The van der Waals surface area contributed by atoms with Crippen molar-refractivity contribution in [1.82, 2.24) is 0 Å². The van der Waals surface area contributed by atoms with Gasteiger partial charge in [-0.25, -0.2) is 0 Å². The molecule has 0 radical (unpaired) electrons. The van der Waals surface area contributed by atoms with Crippen molar-refractivity contribution in [1.29, 1.82) is 0 Å². The van der Waals surface area contributed by atoms with Crippen molar-refractivity contribution in [2.24, 2.45) is 16.7 Å². The van der Waals surface area contributed by atoms with Crippen LogP contribution in [-0.2, 0) is 11.2 Å². The smallest absolute Gasteiger partial charge is 0.276 e. The van der Waals surface area contributed by atoms with E-state index in [-0.39, 0.29) is 16.5 Å². The SMILES string of the molecule is CC1(C)[C@H](C=C(Cl)Cl)[C@@]1(Cc1cc([N+](=O)[O-])cc([N+](=O)[O-])c1)C(=O)[O-]. The van der Waals surface area contributed by atoms with Gasteiger partial charge in [0.1, 0.15) is 4.49 Å². The number of non-ortho nitro benzene ring substituents is 2. The fraction of sp³-hybridized carbons (Fsp3) is 0.400. The van der Waals surface area contributed by atoms with E-state index in [2.05, 4.69) is 0 Å². The largest absolute Gasteiger partial charge is 0.549 e. The summed E-state index contributed by atoms with van der Waals surface area (Å²) in [5.41, 5.74) is -3.04. The standard InChI is InChI=1S/C15H14Cl2N2O6/c1-14(2)11(6-12(16)17)15(14,13(20)21)7-8-3-9(18(22)23)5-10(4-8)19(24)25/h3-6,11H,7H2,1-2H3,(H,20,21)/p-1/t11-,15-/m0/s1. The fourth-order valence-corrected chi connectivity index (χ4v) is 3.72. The number of rotatable bonds is 6. The van der Waals surface area contributed by atoms with E-state index >= 15 is 0 Å². The number of allylic oxidation sites excluding steroid dienone is 1. The molecule has 1 saturated carbocycles. The quantitative estimate of drug-likeness (QED) is 0.545. The molecule has 1 aromatic rings. The molecule has 8 nitrogen and oxygen atoms in total. The molecule has 10 heteroatoms. The Morgan fingerprint density at radius 1 is 1.16 bits per heavy atom. The summed E-state index contributed by atoms with van der Waals surface area (Å²) < 4.78 is -0.105. The maximum atomic E-state index is 11.8. The van der Waals surface area contributed by atoms with Crippen molar-refractivity contribution >= 4 is 40.5 Å². The number of aliphatic carboxylic acids is 1. The summed E-state index contributed by atoms with van der Waals surface area (Å²) in [7, 11) is 0. The second kappa shape index (κ2) is 6.27. The third-order valence-electron chi connectivity index (χ3n) is 4.90. The lowest BCUT2D eigenvalue weighted by molar-refractivity contribution is -0.394. The monoisotopic (exact) mass is 387 g/mol. The van der Waals surface area contributed by atoms with Gasteiger partial charge in [0.2, 0.25) is 0 Å². The number of halogens is 2. The Balaban J connectivity index is 2.52. The molecule has 0 aliphatic heterocycles. The summed E-state index contributed by atoms with van der Waals surface area (Å²) in [6.07, 6.45) is 1.19. The summed E-state index contributed by atoms with van der Waals surface area (Å²) in [4.78, 5) is 32.3. The van der Waals surface area contributed by atoms with Crippen LogP contribution in [0.25, 0.3) is 0 Å². The molecule has 0 saturated heterocycles. The number of carbonyl (C=O) groups is 1. The number of carboxylic acid groups (broad SMARTS) is 1. The number of benzene rings is 1. The number of nitro benzene ring substituents is 2. The van der Waals surface area contributed by atoms with Gasteiger partial charge >= 0.3 is 0 Å². The maximum Gasteiger partial charge on any atom is 0.276 e. The molecular weight excluding hydrogens is 375 g/mol. The molecule has 1 aliphatic carbocycles. The van der Waals surface area contributed by atoms with Crippen LogP contribution in [0, 0.1) is 37.0 Å². The molecule has 25 heavy (non-hydrogen) atoms. The summed E-state index contributed by atoms with van der Waals surface area (Å²) in [6, 6.07) is 3.06. The summed E-state index contributed by atoms with van der Waals surface area (Å²) >= 11 is 11.3. The number of nitrogens with zero attached hydrogens (tertiary/aromatic N) is 2. The molecule has 1 aromatic carbocycles. The zero-order valence-corrected chi connectivity index (χ0v) is 14.7. The molecule has 0 aromatic heterocycles. The Kier molecular flexibility index (Phi) is 4.80. The molecule has 2 atom stereocenters. The van der Waals surface area contributed by atoms with Crippen molar-refractivity contribution in [2.75, 3.05) is 0 Å². The van der Waals surface area contributed by atoms with E-state index < -0.39 is 43.9 Å². The van der Waals surface area contributed by atoms with Crippen LogP contribution < -0.4 is 5.11 Å². The number of nitro groups is 2. The first-order valence-electron chi connectivity index (χ1n) is 7.10. The van der Waals surface area contributed by atoms with E-state index in [4.69, 9.17) is 23.2 Å². The van der Waals surface area contributed by atoms with Crippen LogP contribution in [0.3, 0.4) is 0 Å². The van der Waals surface area contributed by atoms with E-state index in [1.807, 2.05) is 0 Å². The Labute approximate surface area is 152 Å². The van der Waals surface area contributed by atoms with Crippen LogP contribution >= 0.6 is 23.2 Å². The second-order valence-corrected chi connectivity index (χ2v) is 7.47. The van der Waals surface area contributed by atoms with E-state index in [0.29, 0.717) is 0 Å². The second-order valence-electron chi connectivity index (χ2n) is 6.46. The summed E-state index contributed by atoms with van der Waals surface area (Å²) in [6.45, 7) is 3.35. The average molecular weight is 388 g/mol. The van der Waals surface area contributed by atoms with Crippen molar-refractivity contribution in [3.05, 3.63) is 54.6 Å². The maximum absolute atomic E-state index is 11.8. The van der Waals surface area contributed by atoms with Crippen LogP contribution in [-0.4, -0.2) is 15.8 Å². The number of carboxylic acids is 1. The van der Waals surface area contributed by atoms with Gasteiger partial charge in [0.05, 0.1) is 15.9 Å². The van der Waals surface area contributed by atoms with Crippen molar-refractivity contribution in [3.63, 3.8) is 0 Å². The van der Waals surface area contributed by atoms with Gasteiger partial charge in [0.15, 0.2) is 0 Å². The molecule has 1 fully saturated rings. The molecule has 0 heterocycles. The number of carbonyl (C=O) groups excluding carboxylic acids is 1. The Morgan fingerprint density at radius 3 is 2.00 bits per heavy atom. The van der Waals surface area contributed by atoms with E-state index in [1.54, 1.807) is 13.8 Å². The van der Waals surface area contributed by atoms with Crippen molar-refractivity contribution in [3.8, 4) is 0 Å². The van der Waals surface area contributed by atoms with Crippen LogP contribution in [0.5, 0.6) is 0 Å². The lowest BCUT2D eigenvalue weighted by Crippen LogP contribution is -2.38. The molecule has 0 spiro atoms. The first kappa shape index (κ1) is 19.1. The molecule has 0 bridgehead atoms. The summed E-state index contributed by atoms with van der Waals surface area (Å²) in [5.74, 6) is -1.95. The van der Waals surface area contributed by atoms with Gasteiger partial charge < -0.3 is 9.90 Å². The molecule has 0 amide bonds. The average Bonchev–Trinajstić information content (AvgIpc) is 2.94. The third-order valence-corrected chi connectivity index (χ3v) is 5.15. The van der Waals surface area contributed by atoms with Gasteiger partial charge in [-0.1, -0.05) is 37.0 Å². The third kappa shape index (κ3) is 3.19. The Hall–Kier alpha value is -2.19. The highest BCUT2D eigenvalue weighted by Crippen LogP contribution is 2.71. The predicted molar refractivity (Wildman–Crippen MR) is 88.0 cm³/mol. The zero-order chi connectivity index (χ0) is 19.2. The Bertz CT molecular complexity index is 771. The van der Waals surface area contributed by atoms with Gasteiger partial charge in [-0.3, -0.25) is 20.2 Å². The number of hydrogen-bond acceptors (Lipinski definition) is 6. The highest BCUT2D eigenvalue weighted by molar-refractivity contribution is 6.55. The van der Waals surface area contributed by atoms with Gasteiger partial charge in [0.25, 0.3) is 11.4 Å². The molecule has 2 rings (SSSR count). The highest BCUT2D eigenvalue weighted by Gasteiger charge is 2.70. The van der Waals surface area contributed by atoms with Gasteiger partial charge in [-0.05, 0) is 29.4 Å². The predicted octanol–water partition coefficient (Wildman–Crippen LogP) is 2.76. The minimum Gasteiger partial charge on any atom is -0.549 e. The molecule has 0 unspecified atom stereocenters. The lowest BCUT2D eigenvalue weighted by atomic mass is 9.88. The molecular formula is C15H13Cl2N2O6-. The van der Waals surface area contributed by atoms with E-state index in [9.17, 15) is 30.1 Å². The topological polar surface area (TPSA) is 126 Å². The van der Waals surface area contributed by atoms with Gasteiger partial charge in [0, 0.05) is 23.5 Å². The Morgan fingerprint density at radius 2 is 1.64 bits per heavy atom.